The molecule has 0 spiro atoms. The van der Waals surface area contributed by atoms with E-state index in [2.05, 4.69) is 11.1 Å². The number of nitrogens with zero attached hydrogens (tertiary/aromatic N) is 2. The maximum Gasteiger partial charge on any atom is 0.280 e. The van der Waals surface area contributed by atoms with Crippen molar-refractivity contribution in [2.45, 2.75) is 34.1 Å². The molecular weight excluding hydrogens is 280 g/mol. The molecule has 5 nitrogen and oxygen atoms in total. The minimum Gasteiger partial charge on any atom is -0.489 e. The molecule has 1 amide bonds. The molecule has 1 aromatic heterocycles. The highest BCUT2D eigenvalue weighted by atomic mass is 16.5. The summed E-state index contributed by atoms with van der Waals surface area (Å²) >= 11 is 0. The standard InChI is InChI=1S/C17H20N2O3/c1-5-14-18-15(12(4)22-14)17(20)19-6-7-21-16-11(3)8-10(2)9-13(16)19/h8-9H,5-7H2,1-4H3. The number of hydrogen-bond acceptors (Lipinski definition) is 4. The lowest BCUT2D eigenvalue weighted by Crippen LogP contribution is -2.38. The van der Waals surface area contributed by atoms with Gasteiger partial charge in [-0.2, -0.15) is 0 Å². The van der Waals surface area contributed by atoms with E-state index in [0.717, 1.165) is 22.6 Å². The summed E-state index contributed by atoms with van der Waals surface area (Å²) in [7, 11) is 0. The van der Waals surface area contributed by atoms with Crippen LogP contribution < -0.4 is 9.64 Å². The second-order valence-corrected chi connectivity index (χ2v) is 5.60. The molecule has 0 unspecified atom stereocenters. The first-order chi connectivity index (χ1) is 10.5. The van der Waals surface area contributed by atoms with Gasteiger partial charge in [-0.1, -0.05) is 13.0 Å². The predicted octanol–water partition coefficient (Wildman–Crippen LogP) is 3.20. The molecule has 2 heterocycles. The van der Waals surface area contributed by atoms with Crippen molar-refractivity contribution in [3.05, 3.63) is 40.6 Å². The Labute approximate surface area is 129 Å². The molecule has 22 heavy (non-hydrogen) atoms. The zero-order chi connectivity index (χ0) is 15.9. The summed E-state index contributed by atoms with van der Waals surface area (Å²) in [6, 6.07) is 4.04. The number of rotatable bonds is 2. The monoisotopic (exact) mass is 300 g/mol. The van der Waals surface area contributed by atoms with Gasteiger partial charge in [0.1, 0.15) is 18.1 Å². The molecule has 1 aliphatic heterocycles. The fourth-order valence-electron chi connectivity index (χ4n) is 2.82. The van der Waals surface area contributed by atoms with Crippen LogP contribution in [-0.2, 0) is 6.42 Å². The van der Waals surface area contributed by atoms with Gasteiger partial charge < -0.3 is 9.15 Å². The van der Waals surface area contributed by atoms with E-state index in [9.17, 15) is 4.79 Å². The Kier molecular flexibility index (Phi) is 3.64. The van der Waals surface area contributed by atoms with Gasteiger partial charge in [-0.3, -0.25) is 9.69 Å². The Bertz CT molecular complexity index is 734. The van der Waals surface area contributed by atoms with Crippen molar-refractivity contribution in [2.24, 2.45) is 0 Å². The summed E-state index contributed by atoms with van der Waals surface area (Å²) in [6.07, 6.45) is 0.673. The molecule has 5 heteroatoms. The Hall–Kier alpha value is -2.30. The lowest BCUT2D eigenvalue weighted by molar-refractivity contribution is 0.0971. The summed E-state index contributed by atoms with van der Waals surface area (Å²) < 4.78 is 11.3. The van der Waals surface area contributed by atoms with Crippen LogP contribution in [0.3, 0.4) is 0 Å². The third-order valence-electron chi connectivity index (χ3n) is 3.84. The zero-order valence-electron chi connectivity index (χ0n) is 13.4. The summed E-state index contributed by atoms with van der Waals surface area (Å²) in [4.78, 5) is 18.9. The first-order valence-electron chi connectivity index (χ1n) is 7.53. The second-order valence-electron chi connectivity index (χ2n) is 5.60. The molecule has 0 fully saturated rings. The molecule has 0 saturated carbocycles. The van der Waals surface area contributed by atoms with Crippen LogP contribution in [0.2, 0.25) is 0 Å². The molecule has 3 rings (SSSR count). The van der Waals surface area contributed by atoms with E-state index in [0.29, 0.717) is 36.9 Å². The van der Waals surface area contributed by atoms with Crippen LogP contribution in [0.15, 0.2) is 16.5 Å². The lowest BCUT2D eigenvalue weighted by atomic mass is 10.1. The quantitative estimate of drug-likeness (QED) is 0.854. The first kappa shape index (κ1) is 14.6. The van der Waals surface area contributed by atoms with Gasteiger partial charge in [0.2, 0.25) is 0 Å². The maximum absolute atomic E-state index is 12.9. The Morgan fingerprint density at radius 3 is 2.77 bits per heavy atom. The van der Waals surface area contributed by atoms with E-state index in [4.69, 9.17) is 9.15 Å². The first-order valence-corrected chi connectivity index (χ1v) is 7.53. The predicted molar refractivity (Wildman–Crippen MR) is 83.7 cm³/mol. The van der Waals surface area contributed by atoms with Gasteiger partial charge in [-0.25, -0.2) is 4.98 Å². The summed E-state index contributed by atoms with van der Waals surface area (Å²) in [5.41, 5.74) is 3.35. The number of fused-ring (bicyclic) bond motifs is 1. The molecule has 0 atom stereocenters. The number of carbonyl (C=O) groups excluding carboxylic acids is 1. The molecule has 0 N–H and O–H groups in total. The Balaban J connectivity index is 2.03. The van der Waals surface area contributed by atoms with Crippen LogP contribution in [0.4, 0.5) is 5.69 Å². The number of hydrogen-bond donors (Lipinski definition) is 0. The number of aromatic nitrogens is 1. The highest BCUT2D eigenvalue weighted by Gasteiger charge is 2.29. The van der Waals surface area contributed by atoms with Crippen molar-refractivity contribution in [3.63, 3.8) is 0 Å². The third-order valence-corrected chi connectivity index (χ3v) is 3.84. The van der Waals surface area contributed by atoms with E-state index in [1.54, 1.807) is 11.8 Å². The van der Waals surface area contributed by atoms with Crippen molar-refractivity contribution >= 4 is 11.6 Å². The number of oxazole rings is 1. The van der Waals surface area contributed by atoms with E-state index >= 15 is 0 Å². The summed E-state index contributed by atoms with van der Waals surface area (Å²) in [5, 5.41) is 0. The van der Waals surface area contributed by atoms with E-state index in [-0.39, 0.29) is 5.91 Å². The number of anilines is 1. The van der Waals surface area contributed by atoms with Gasteiger partial charge in [0.05, 0.1) is 12.2 Å². The highest BCUT2D eigenvalue weighted by Crippen LogP contribution is 2.36. The Morgan fingerprint density at radius 1 is 1.32 bits per heavy atom. The topological polar surface area (TPSA) is 55.6 Å². The fraction of sp³-hybridized carbons (Fsp3) is 0.412. The van der Waals surface area contributed by atoms with E-state index in [1.165, 1.54) is 0 Å². The van der Waals surface area contributed by atoms with Gasteiger partial charge in [0.25, 0.3) is 5.91 Å². The lowest BCUT2D eigenvalue weighted by Gasteiger charge is -2.30. The van der Waals surface area contributed by atoms with E-state index < -0.39 is 0 Å². The van der Waals surface area contributed by atoms with Crippen molar-refractivity contribution in [2.75, 3.05) is 18.1 Å². The number of carbonyl (C=O) groups is 1. The normalized spacial score (nSPS) is 13.7. The summed E-state index contributed by atoms with van der Waals surface area (Å²) in [6.45, 7) is 8.75. The van der Waals surface area contributed by atoms with Gasteiger partial charge >= 0.3 is 0 Å². The van der Waals surface area contributed by atoms with Crippen LogP contribution in [0.1, 0.15) is 40.2 Å². The second kappa shape index (κ2) is 5.48. The third kappa shape index (κ3) is 2.36. The van der Waals surface area contributed by atoms with E-state index in [1.807, 2.05) is 26.8 Å². The molecule has 116 valence electrons. The average molecular weight is 300 g/mol. The van der Waals surface area contributed by atoms with Gasteiger partial charge in [-0.05, 0) is 38.0 Å². The molecule has 0 aliphatic carbocycles. The zero-order valence-corrected chi connectivity index (χ0v) is 13.4. The van der Waals surface area contributed by atoms with Crippen molar-refractivity contribution in [3.8, 4) is 5.75 Å². The van der Waals surface area contributed by atoms with Crippen LogP contribution in [0.5, 0.6) is 5.75 Å². The van der Waals surface area contributed by atoms with Crippen LogP contribution in [0.25, 0.3) is 0 Å². The van der Waals surface area contributed by atoms with Crippen LogP contribution in [0, 0.1) is 20.8 Å². The van der Waals surface area contributed by atoms with Crippen molar-refractivity contribution < 1.29 is 13.9 Å². The molecule has 1 aromatic carbocycles. The van der Waals surface area contributed by atoms with Crippen molar-refractivity contribution in [1.29, 1.82) is 0 Å². The summed E-state index contributed by atoms with van der Waals surface area (Å²) in [5.74, 6) is 1.81. The van der Waals surface area contributed by atoms with Crippen molar-refractivity contribution in [1.82, 2.24) is 4.98 Å². The SMILES string of the molecule is CCc1nc(C(=O)N2CCOc3c(C)cc(C)cc32)c(C)o1. The molecule has 1 aliphatic rings. The molecule has 0 saturated heterocycles. The van der Waals surface area contributed by atoms with Gasteiger partial charge in [0, 0.05) is 6.42 Å². The average Bonchev–Trinajstić information content (AvgIpc) is 2.87. The number of benzene rings is 1. The largest absolute Gasteiger partial charge is 0.489 e. The van der Waals surface area contributed by atoms with Crippen LogP contribution >= 0.6 is 0 Å². The minimum atomic E-state index is -0.129. The Morgan fingerprint density at radius 2 is 2.09 bits per heavy atom. The molecule has 0 bridgehead atoms. The smallest absolute Gasteiger partial charge is 0.280 e. The molecule has 2 aromatic rings. The van der Waals surface area contributed by atoms with Gasteiger partial charge in [-0.15, -0.1) is 0 Å². The maximum atomic E-state index is 12.9. The number of aryl methyl sites for hydroxylation is 4. The van der Waals surface area contributed by atoms with Crippen LogP contribution in [-0.4, -0.2) is 24.0 Å². The van der Waals surface area contributed by atoms with Gasteiger partial charge in [0.15, 0.2) is 11.6 Å². The fourth-order valence-corrected chi connectivity index (χ4v) is 2.82. The minimum absolute atomic E-state index is 0.129. The molecular formula is C17H20N2O3. The molecule has 0 radical (unpaired) electrons. The highest BCUT2D eigenvalue weighted by molar-refractivity contribution is 6.06. The number of ether oxygens (including phenoxy) is 1. The number of amides is 1.